The third kappa shape index (κ3) is 2.08. The Morgan fingerprint density at radius 1 is 1.13 bits per heavy atom. The van der Waals surface area contributed by atoms with Crippen LogP contribution in [0.1, 0.15) is 30.4 Å². The number of fused-ring (bicyclic) bond motifs is 1. The van der Waals surface area contributed by atoms with Gasteiger partial charge in [-0.05, 0) is 22.9 Å². The Balaban J connectivity index is 1.89. The molecule has 0 N–H and O–H groups in total. The molecule has 0 saturated carbocycles. The van der Waals surface area contributed by atoms with Gasteiger partial charge < -0.3 is 4.74 Å². The van der Waals surface area contributed by atoms with E-state index >= 15 is 0 Å². The van der Waals surface area contributed by atoms with Crippen molar-refractivity contribution >= 4 is 17.8 Å². The molecule has 0 radical (unpaired) electrons. The highest BCUT2D eigenvalue weighted by atomic mass is 16.5. The molecule has 0 aliphatic carbocycles. The summed E-state index contributed by atoms with van der Waals surface area (Å²) < 4.78 is 6.90. The molecule has 2 atom stereocenters. The van der Waals surface area contributed by atoms with Crippen LogP contribution < -0.4 is 0 Å². The van der Waals surface area contributed by atoms with E-state index in [4.69, 9.17) is 4.74 Å². The van der Waals surface area contributed by atoms with Crippen molar-refractivity contribution in [1.82, 2.24) is 25.2 Å². The molecular weight excluding hydrogens is 298 g/mol. The number of hydrogen-bond donors (Lipinski definition) is 0. The zero-order chi connectivity index (χ0) is 16.0. The van der Waals surface area contributed by atoms with E-state index in [2.05, 4.69) is 25.6 Å². The summed E-state index contributed by atoms with van der Waals surface area (Å²) in [5.74, 6) is 0.598. The maximum absolute atomic E-state index is 12.6. The smallest absolute Gasteiger partial charge is 0.323 e. The highest BCUT2D eigenvalue weighted by molar-refractivity contribution is 6.02. The first-order chi connectivity index (χ1) is 11.1. The van der Waals surface area contributed by atoms with Crippen molar-refractivity contribution < 1.29 is 9.53 Å². The molecule has 2 aliphatic rings. The van der Waals surface area contributed by atoms with Gasteiger partial charge in [-0.2, -0.15) is 4.99 Å². The van der Waals surface area contributed by atoms with Crippen molar-refractivity contribution in [3.8, 4) is 0 Å². The Kier molecular flexibility index (Phi) is 2.93. The van der Waals surface area contributed by atoms with Crippen molar-refractivity contribution in [3.05, 3.63) is 41.7 Å². The molecule has 1 amide bonds. The van der Waals surface area contributed by atoms with Crippen molar-refractivity contribution in [2.24, 2.45) is 10.1 Å². The second-order valence-electron chi connectivity index (χ2n) is 5.27. The zero-order valence-electron chi connectivity index (χ0n) is 12.5. The number of hydrogen-bond acceptors (Lipinski definition) is 7. The summed E-state index contributed by atoms with van der Waals surface area (Å²) in [5.41, 5.74) is 0.898. The standard InChI is InChI=1S/C14H13N7O2/c1-8-16-18-19-20(8)12-11(10-6-4-3-5-7-10)21-14(15-13(12)22)23-9(2)17-21/h3-7,11-12H,1-2H3. The number of nitrogens with zero attached hydrogens (tertiary/aromatic N) is 7. The van der Waals surface area contributed by atoms with Crippen LogP contribution in [0.2, 0.25) is 0 Å². The predicted octanol–water partition coefficient (Wildman–Crippen LogP) is 0.826. The van der Waals surface area contributed by atoms with Gasteiger partial charge >= 0.3 is 6.02 Å². The van der Waals surface area contributed by atoms with E-state index in [1.54, 1.807) is 18.9 Å². The topological polar surface area (TPSA) is 97.9 Å². The number of tetrazole rings is 1. The van der Waals surface area contributed by atoms with E-state index < -0.39 is 12.1 Å². The molecule has 3 heterocycles. The van der Waals surface area contributed by atoms with Crippen LogP contribution in [0.3, 0.4) is 0 Å². The summed E-state index contributed by atoms with van der Waals surface area (Å²) in [5, 5.41) is 17.4. The Morgan fingerprint density at radius 3 is 2.61 bits per heavy atom. The van der Waals surface area contributed by atoms with Gasteiger partial charge in [0.2, 0.25) is 5.90 Å². The molecule has 2 aromatic rings. The molecule has 1 aromatic heterocycles. The number of carbonyl (C=O) groups excluding carboxylic acids is 1. The third-order valence-corrected chi connectivity index (χ3v) is 3.77. The fourth-order valence-corrected chi connectivity index (χ4v) is 2.79. The number of aromatic nitrogens is 4. The van der Waals surface area contributed by atoms with E-state index in [-0.39, 0.29) is 11.9 Å². The van der Waals surface area contributed by atoms with Crippen molar-refractivity contribution in [2.75, 3.05) is 0 Å². The van der Waals surface area contributed by atoms with Crippen molar-refractivity contribution in [1.29, 1.82) is 0 Å². The lowest BCUT2D eigenvalue weighted by molar-refractivity contribution is -0.124. The van der Waals surface area contributed by atoms with Crippen LogP contribution in [0.25, 0.3) is 0 Å². The molecule has 9 heteroatoms. The highest BCUT2D eigenvalue weighted by Gasteiger charge is 2.46. The molecule has 0 saturated heterocycles. The molecular formula is C14H13N7O2. The maximum Gasteiger partial charge on any atom is 0.323 e. The van der Waals surface area contributed by atoms with E-state index in [1.807, 2.05) is 30.3 Å². The predicted molar refractivity (Wildman–Crippen MR) is 79.2 cm³/mol. The maximum atomic E-state index is 12.6. The van der Waals surface area contributed by atoms with Crippen molar-refractivity contribution in [3.63, 3.8) is 0 Å². The minimum Gasteiger partial charge on any atom is -0.408 e. The van der Waals surface area contributed by atoms with Gasteiger partial charge in [-0.1, -0.05) is 30.3 Å². The number of hydrazone groups is 1. The molecule has 2 unspecified atom stereocenters. The second-order valence-corrected chi connectivity index (χ2v) is 5.27. The molecule has 1 aromatic carbocycles. The van der Waals surface area contributed by atoms with E-state index in [0.29, 0.717) is 11.7 Å². The largest absolute Gasteiger partial charge is 0.408 e. The summed E-state index contributed by atoms with van der Waals surface area (Å²) in [6.45, 7) is 3.45. The number of aliphatic imine (C=N–C) groups is 1. The van der Waals surface area contributed by atoms with Gasteiger partial charge in [0.15, 0.2) is 6.04 Å². The Bertz CT molecular complexity index is 827. The average molecular weight is 311 g/mol. The lowest BCUT2D eigenvalue weighted by Crippen LogP contribution is -2.42. The van der Waals surface area contributed by atoms with Gasteiger partial charge in [-0.25, -0.2) is 9.69 Å². The minimum atomic E-state index is -0.714. The first-order valence-electron chi connectivity index (χ1n) is 7.09. The quantitative estimate of drug-likeness (QED) is 0.814. The normalized spacial score (nSPS) is 23.2. The fourth-order valence-electron chi connectivity index (χ4n) is 2.79. The Hall–Kier alpha value is -3.10. The lowest BCUT2D eigenvalue weighted by Gasteiger charge is -2.33. The lowest BCUT2D eigenvalue weighted by atomic mass is 9.97. The van der Waals surface area contributed by atoms with Gasteiger partial charge in [0.1, 0.15) is 11.9 Å². The number of amides is 1. The molecule has 116 valence electrons. The molecule has 9 nitrogen and oxygen atoms in total. The number of carbonyl (C=O) groups is 1. The van der Waals surface area contributed by atoms with Crippen LogP contribution >= 0.6 is 0 Å². The average Bonchev–Trinajstić information content (AvgIpc) is 3.11. The van der Waals surface area contributed by atoms with Crippen LogP contribution in [-0.4, -0.2) is 43.0 Å². The Labute approximate surface area is 131 Å². The third-order valence-electron chi connectivity index (χ3n) is 3.77. The van der Waals surface area contributed by atoms with E-state index in [1.165, 1.54) is 4.68 Å². The molecule has 0 fully saturated rings. The first kappa shape index (κ1) is 13.6. The number of benzene rings is 1. The van der Waals surface area contributed by atoms with Crippen LogP contribution in [0.4, 0.5) is 0 Å². The number of amidine groups is 1. The van der Waals surface area contributed by atoms with Crippen molar-refractivity contribution in [2.45, 2.75) is 25.9 Å². The summed E-state index contributed by atoms with van der Waals surface area (Å²) in [6.07, 6.45) is 0. The molecule has 2 aliphatic heterocycles. The van der Waals surface area contributed by atoms with Gasteiger partial charge in [-0.3, -0.25) is 4.79 Å². The number of rotatable bonds is 2. The molecule has 4 rings (SSSR count). The van der Waals surface area contributed by atoms with E-state index in [9.17, 15) is 4.79 Å². The van der Waals surface area contributed by atoms with Gasteiger partial charge in [0.25, 0.3) is 5.91 Å². The zero-order valence-corrected chi connectivity index (χ0v) is 12.5. The summed E-state index contributed by atoms with van der Waals surface area (Å²) in [6, 6.07) is 8.61. The number of aryl methyl sites for hydroxylation is 1. The molecule has 0 spiro atoms. The van der Waals surface area contributed by atoms with Crippen LogP contribution in [-0.2, 0) is 9.53 Å². The van der Waals surface area contributed by atoms with E-state index in [0.717, 1.165) is 5.56 Å². The van der Waals surface area contributed by atoms with Crippen LogP contribution in [0.15, 0.2) is 40.4 Å². The summed E-state index contributed by atoms with van der Waals surface area (Å²) in [4.78, 5) is 16.6. The summed E-state index contributed by atoms with van der Waals surface area (Å²) in [7, 11) is 0. The molecule has 0 bridgehead atoms. The molecule has 23 heavy (non-hydrogen) atoms. The Morgan fingerprint density at radius 2 is 1.91 bits per heavy atom. The highest BCUT2D eigenvalue weighted by Crippen LogP contribution is 2.38. The van der Waals surface area contributed by atoms with Crippen LogP contribution in [0, 0.1) is 6.92 Å². The minimum absolute atomic E-state index is 0.184. The van der Waals surface area contributed by atoms with Gasteiger partial charge in [0, 0.05) is 6.92 Å². The fraction of sp³-hybridized carbons (Fsp3) is 0.286. The monoisotopic (exact) mass is 311 g/mol. The SMILES string of the molecule is CC1=NN2C(=NC(=O)C(n3nnnc3C)C2c2ccccc2)O1. The van der Waals surface area contributed by atoms with Gasteiger partial charge in [-0.15, -0.1) is 10.2 Å². The van der Waals surface area contributed by atoms with Gasteiger partial charge in [0.05, 0.1) is 0 Å². The summed E-state index contributed by atoms with van der Waals surface area (Å²) >= 11 is 0. The number of ether oxygens (including phenoxy) is 1. The van der Waals surface area contributed by atoms with Crippen LogP contribution in [0.5, 0.6) is 0 Å². The second kappa shape index (κ2) is 4.97. The first-order valence-corrected chi connectivity index (χ1v) is 7.09.